The van der Waals surface area contributed by atoms with Gasteiger partial charge in [-0.15, -0.1) is 5.10 Å². The van der Waals surface area contributed by atoms with Crippen molar-refractivity contribution in [2.75, 3.05) is 18.0 Å². The molecule has 7 heteroatoms. The lowest BCUT2D eigenvalue weighted by atomic mass is 10.0. The van der Waals surface area contributed by atoms with Crippen LogP contribution in [0.5, 0.6) is 0 Å². The lowest BCUT2D eigenvalue weighted by Gasteiger charge is -2.30. The highest BCUT2D eigenvalue weighted by atomic mass is 16.4. The van der Waals surface area contributed by atoms with Gasteiger partial charge in [-0.25, -0.2) is 4.98 Å². The second-order valence-electron chi connectivity index (χ2n) is 13.0. The first-order chi connectivity index (χ1) is 23.2. The van der Waals surface area contributed by atoms with Gasteiger partial charge < -0.3 is 9.32 Å². The van der Waals surface area contributed by atoms with E-state index in [-0.39, 0.29) is 6.04 Å². The van der Waals surface area contributed by atoms with Crippen LogP contribution in [0.15, 0.2) is 102 Å². The monoisotopic (exact) mass is 630 g/mol. The molecule has 47 heavy (non-hydrogen) atoms. The zero-order valence-corrected chi connectivity index (χ0v) is 28.0. The number of oxazole rings is 1. The Labute approximate surface area is 280 Å². The molecule has 3 heterocycles. The number of aromatic nitrogens is 4. The van der Waals surface area contributed by atoms with E-state index in [2.05, 4.69) is 124 Å². The van der Waals surface area contributed by atoms with Crippen molar-refractivity contribution in [3.63, 3.8) is 0 Å². The number of benzene rings is 3. The number of nitrogens with zero attached hydrogens (tertiary/aromatic N) is 6. The number of anilines is 1. The van der Waals surface area contributed by atoms with Crippen LogP contribution in [0.4, 0.5) is 5.88 Å². The molecule has 0 spiro atoms. The maximum absolute atomic E-state index is 7.08. The van der Waals surface area contributed by atoms with E-state index in [1.165, 1.54) is 36.0 Å². The summed E-state index contributed by atoms with van der Waals surface area (Å²) in [5.74, 6) is 1.77. The zero-order chi connectivity index (χ0) is 32.1. The van der Waals surface area contributed by atoms with Crippen LogP contribution in [-0.4, -0.2) is 38.0 Å². The highest BCUT2D eigenvalue weighted by Gasteiger charge is 2.29. The van der Waals surface area contributed by atoms with Crippen molar-refractivity contribution in [3.8, 4) is 0 Å². The third kappa shape index (κ3) is 9.41. The minimum absolute atomic E-state index is 0.0810. The summed E-state index contributed by atoms with van der Waals surface area (Å²) < 4.78 is 9.10. The molecule has 246 valence electrons. The second-order valence-corrected chi connectivity index (χ2v) is 13.0. The van der Waals surface area contributed by atoms with Gasteiger partial charge in [-0.05, 0) is 55.3 Å². The van der Waals surface area contributed by atoms with Gasteiger partial charge in [-0.1, -0.05) is 129 Å². The Bertz CT molecular complexity index is 1600. The van der Waals surface area contributed by atoms with Gasteiger partial charge in [0.1, 0.15) is 5.69 Å². The Morgan fingerprint density at radius 1 is 0.723 bits per heavy atom. The molecule has 0 radical (unpaired) electrons. The van der Waals surface area contributed by atoms with E-state index in [0.29, 0.717) is 0 Å². The Morgan fingerprint density at radius 2 is 1.40 bits per heavy atom. The lowest BCUT2D eigenvalue weighted by molar-refractivity contribution is 0.147. The van der Waals surface area contributed by atoms with Gasteiger partial charge in [-0.2, -0.15) is 0 Å². The lowest BCUT2D eigenvalue weighted by Crippen LogP contribution is -2.30. The van der Waals surface area contributed by atoms with Crippen LogP contribution in [0.25, 0.3) is 0 Å². The van der Waals surface area contributed by atoms with Gasteiger partial charge in [0, 0.05) is 38.8 Å². The van der Waals surface area contributed by atoms with Gasteiger partial charge in [0.2, 0.25) is 11.8 Å². The van der Waals surface area contributed by atoms with Crippen LogP contribution in [-0.2, 0) is 32.5 Å². The van der Waals surface area contributed by atoms with Gasteiger partial charge in [-0.3, -0.25) is 9.58 Å². The van der Waals surface area contributed by atoms with Crippen molar-refractivity contribution < 1.29 is 4.42 Å². The first-order valence-electron chi connectivity index (χ1n) is 17.7. The van der Waals surface area contributed by atoms with Crippen molar-refractivity contribution in [1.29, 1.82) is 0 Å². The van der Waals surface area contributed by atoms with Crippen LogP contribution in [0.2, 0.25) is 0 Å². The van der Waals surface area contributed by atoms with Crippen molar-refractivity contribution in [1.82, 2.24) is 24.9 Å². The zero-order valence-electron chi connectivity index (χ0n) is 28.0. The van der Waals surface area contributed by atoms with Gasteiger partial charge in [0.15, 0.2) is 0 Å². The van der Waals surface area contributed by atoms with Crippen molar-refractivity contribution >= 4 is 5.88 Å². The molecule has 1 aliphatic rings. The van der Waals surface area contributed by atoms with Crippen LogP contribution in [0, 0.1) is 0 Å². The first-order valence-corrected chi connectivity index (χ1v) is 17.7. The van der Waals surface area contributed by atoms with Gasteiger partial charge >= 0.3 is 0 Å². The van der Waals surface area contributed by atoms with Gasteiger partial charge in [0.05, 0.1) is 11.7 Å². The summed E-state index contributed by atoms with van der Waals surface area (Å²) in [5, 5.41) is 9.01. The fraction of sp³-hybridized carbons (Fsp3) is 0.425. The Balaban J connectivity index is 1.41. The number of hydrogen-bond acceptors (Lipinski definition) is 6. The average Bonchev–Trinajstić information content (AvgIpc) is 3.74. The smallest absolute Gasteiger partial charge is 0.220 e. The van der Waals surface area contributed by atoms with Crippen LogP contribution < -0.4 is 4.90 Å². The molecule has 0 saturated carbocycles. The number of hydrogen-bond donors (Lipinski definition) is 0. The summed E-state index contributed by atoms with van der Waals surface area (Å²) in [6.45, 7) is 6.58. The highest BCUT2D eigenvalue weighted by molar-refractivity contribution is 5.45. The second kappa shape index (κ2) is 17.1. The maximum Gasteiger partial charge on any atom is 0.220 e. The quantitative estimate of drug-likeness (QED) is 0.136. The average molecular weight is 631 g/mol. The third-order valence-electron chi connectivity index (χ3n) is 9.23. The highest BCUT2D eigenvalue weighted by Crippen LogP contribution is 2.35. The molecule has 0 amide bonds. The number of rotatable bonds is 11. The molecular weight excluding hydrogens is 580 g/mol. The molecule has 3 aromatic carbocycles. The topological polar surface area (TPSA) is 63.2 Å². The van der Waals surface area contributed by atoms with E-state index >= 15 is 0 Å². The number of aryl methyl sites for hydroxylation is 2. The largest absolute Gasteiger partial charge is 0.423 e. The standard InChI is InChI=1S/C40H50N6O/c1-2-3-4-14-25-38-39-41-37(29-33-18-8-5-9-19-33)40(47-39)45(31-35-22-12-7-13-23-35)26-15-16-28-46-32-36(42-43-46)24-17-27-44(38)30-34-20-10-6-11-21-34/h5-13,18-23,32,38H,2-4,14-17,24-31H2,1H3. The van der Waals surface area contributed by atoms with Crippen LogP contribution >= 0.6 is 0 Å². The summed E-state index contributed by atoms with van der Waals surface area (Å²) in [7, 11) is 0. The van der Waals surface area contributed by atoms with E-state index in [4.69, 9.17) is 9.40 Å². The summed E-state index contributed by atoms with van der Waals surface area (Å²) in [5.41, 5.74) is 5.94. The molecular formula is C40H50N6O. The molecule has 0 aliphatic carbocycles. The molecule has 4 bridgehead atoms. The first kappa shape index (κ1) is 32.7. The Morgan fingerprint density at radius 3 is 2.13 bits per heavy atom. The fourth-order valence-electron chi connectivity index (χ4n) is 6.70. The summed E-state index contributed by atoms with van der Waals surface area (Å²) in [4.78, 5) is 10.5. The normalized spacial score (nSPS) is 16.4. The van der Waals surface area contributed by atoms with E-state index in [1.807, 2.05) is 4.68 Å². The maximum atomic E-state index is 7.08. The van der Waals surface area contributed by atoms with Crippen molar-refractivity contribution in [2.24, 2.45) is 0 Å². The predicted octanol–water partition coefficient (Wildman–Crippen LogP) is 8.80. The molecule has 1 atom stereocenters. The summed E-state index contributed by atoms with van der Waals surface area (Å²) in [6, 6.07) is 32.4. The van der Waals surface area contributed by atoms with E-state index < -0.39 is 0 Å². The molecule has 0 N–H and O–H groups in total. The Hall–Kier alpha value is -4.23. The summed E-state index contributed by atoms with van der Waals surface area (Å²) >= 11 is 0. The molecule has 6 rings (SSSR count). The van der Waals surface area contributed by atoms with E-state index in [0.717, 1.165) is 101 Å². The third-order valence-corrected chi connectivity index (χ3v) is 9.23. The van der Waals surface area contributed by atoms with Crippen LogP contribution in [0.3, 0.4) is 0 Å². The van der Waals surface area contributed by atoms with Gasteiger partial charge in [0.25, 0.3) is 0 Å². The molecule has 1 unspecified atom stereocenters. The number of fused-ring (bicyclic) bond motifs is 4. The number of unbranched alkanes of at least 4 members (excludes halogenated alkanes) is 3. The molecule has 5 aromatic rings. The molecule has 2 aromatic heterocycles. The summed E-state index contributed by atoms with van der Waals surface area (Å²) in [6.07, 6.45) is 12.7. The van der Waals surface area contributed by atoms with Crippen molar-refractivity contribution in [2.45, 2.75) is 96.8 Å². The molecule has 0 fully saturated rings. The SMILES string of the molecule is CCCCCCC1c2nc(Cc3ccccc3)c(o2)N(Cc2ccccc2)CCCCn2cc(nn2)CCCN1Cc1ccccc1. The van der Waals surface area contributed by atoms with Crippen molar-refractivity contribution in [3.05, 3.63) is 131 Å². The minimum atomic E-state index is 0.0810. The molecule has 7 nitrogen and oxygen atoms in total. The Kier molecular flexibility index (Phi) is 11.9. The van der Waals surface area contributed by atoms with E-state index in [9.17, 15) is 0 Å². The minimum Gasteiger partial charge on any atom is -0.423 e. The fourth-order valence-corrected chi connectivity index (χ4v) is 6.70. The molecule has 1 aliphatic heterocycles. The predicted molar refractivity (Wildman–Crippen MR) is 189 cm³/mol. The van der Waals surface area contributed by atoms with E-state index in [1.54, 1.807) is 0 Å². The van der Waals surface area contributed by atoms with Crippen LogP contribution in [0.1, 0.15) is 98.3 Å². The molecule has 0 saturated heterocycles.